The average Bonchev–Trinajstić information content (AvgIpc) is 2.31. The van der Waals surface area contributed by atoms with Gasteiger partial charge in [0.25, 0.3) is 0 Å². The lowest BCUT2D eigenvalue weighted by Gasteiger charge is -2.04. The summed E-state index contributed by atoms with van der Waals surface area (Å²) in [7, 11) is 0. The molecule has 0 aliphatic rings. The van der Waals surface area contributed by atoms with Gasteiger partial charge in [0.05, 0.1) is 0 Å². The Morgan fingerprint density at radius 3 is 2.62 bits per heavy atom. The Morgan fingerprint density at radius 1 is 1.19 bits per heavy atom. The maximum absolute atomic E-state index is 10.4. The van der Waals surface area contributed by atoms with Crippen molar-refractivity contribution in [3.05, 3.63) is 28.7 Å². The van der Waals surface area contributed by atoms with Crippen LogP contribution in [0.3, 0.4) is 0 Å². The molecule has 0 aromatic heterocycles. The minimum Gasteiger partial charge on any atom is -0.508 e. The van der Waals surface area contributed by atoms with Crippen molar-refractivity contribution in [1.29, 1.82) is 0 Å². The van der Waals surface area contributed by atoms with Crippen LogP contribution in [0.4, 0.5) is 5.69 Å². The Balaban J connectivity index is 2.43. The number of phenols is 1. The van der Waals surface area contributed by atoms with Gasteiger partial charge in [0.2, 0.25) is 0 Å². The molecule has 0 saturated carbocycles. The Hall–Kier alpha value is -1.38. The molecule has 1 aromatic carbocycles. The van der Waals surface area contributed by atoms with E-state index in [0.29, 0.717) is 5.69 Å². The van der Waals surface area contributed by atoms with Gasteiger partial charge in [-0.25, -0.2) is 0 Å². The van der Waals surface area contributed by atoms with Gasteiger partial charge >= 0.3 is 0 Å². The highest BCUT2D eigenvalue weighted by atomic mass is 16.3. The Labute approximate surface area is 96.5 Å². The van der Waals surface area contributed by atoms with E-state index < -0.39 is 0 Å². The predicted octanol–water partition coefficient (Wildman–Crippen LogP) is 4.30. The fourth-order valence-electron chi connectivity index (χ4n) is 1.75. The smallest absolute Gasteiger partial charge is 0.118 e. The normalized spacial score (nSPS) is 10.3. The molecule has 3 heteroatoms. The van der Waals surface area contributed by atoms with E-state index in [4.69, 9.17) is 0 Å². The number of nitroso groups, excluding NO2 is 1. The van der Waals surface area contributed by atoms with E-state index in [2.05, 4.69) is 12.1 Å². The van der Waals surface area contributed by atoms with Gasteiger partial charge in [-0.2, -0.15) is 0 Å². The SMILES string of the molecule is CCCCCCCc1cc(N=O)ccc1O. The van der Waals surface area contributed by atoms with Crippen LogP contribution in [0.5, 0.6) is 5.75 Å². The standard InChI is InChI=1S/C13H19NO2/c1-2-3-4-5-6-7-11-10-12(14-16)8-9-13(11)15/h8-10,15H,2-7H2,1H3. The first-order chi connectivity index (χ1) is 7.77. The summed E-state index contributed by atoms with van der Waals surface area (Å²) < 4.78 is 0. The van der Waals surface area contributed by atoms with Gasteiger partial charge in [-0.3, -0.25) is 0 Å². The molecule has 0 fully saturated rings. The van der Waals surface area contributed by atoms with Crippen LogP contribution in [-0.2, 0) is 6.42 Å². The van der Waals surface area contributed by atoms with E-state index >= 15 is 0 Å². The number of rotatable bonds is 7. The summed E-state index contributed by atoms with van der Waals surface area (Å²) in [5.74, 6) is 0.267. The minimum absolute atomic E-state index is 0.267. The highest BCUT2D eigenvalue weighted by Crippen LogP contribution is 2.24. The minimum atomic E-state index is 0.267. The molecule has 3 nitrogen and oxygen atoms in total. The van der Waals surface area contributed by atoms with E-state index in [-0.39, 0.29) is 5.75 Å². The predicted molar refractivity (Wildman–Crippen MR) is 66.0 cm³/mol. The number of hydrogen-bond acceptors (Lipinski definition) is 3. The quantitative estimate of drug-likeness (QED) is 0.551. The number of benzene rings is 1. The molecule has 0 atom stereocenters. The molecule has 0 unspecified atom stereocenters. The Morgan fingerprint density at radius 2 is 1.94 bits per heavy atom. The van der Waals surface area contributed by atoms with Gasteiger partial charge in [0.15, 0.2) is 0 Å². The monoisotopic (exact) mass is 221 g/mol. The number of nitrogens with zero attached hydrogens (tertiary/aromatic N) is 1. The molecule has 88 valence electrons. The van der Waals surface area contributed by atoms with Crippen LogP contribution in [0.2, 0.25) is 0 Å². The van der Waals surface area contributed by atoms with E-state index in [9.17, 15) is 10.0 Å². The molecule has 0 aliphatic carbocycles. The van der Waals surface area contributed by atoms with Crippen LogP contribution >= 0.6 is 0 Å². The first-order valence-corrected chi connectivity index (χ1v) is 5.93. The second kappa shape index (κ2) is 6.99. The van der Waals surface area contributed by atoms with Crippen LogP contribution < -0.4 is 0 Å². The van der Waals surface area contributed by atoms with Crippen molar-refractivity contribution in [1.82, 2.24) is 0 Å². The summed E-state index contributed by atoms with van der Waals surface area (Å²) in [5.41, 5.74) is 1.22. The van der Waals surface area contributed by atoms with E-state index in [1.807, 2.05) is 0 Å². The van der Waals surface area contributed by atoms with Gasteiger partial charge in [0, 0.05) is 0 Å². The number of phenolic OH excluding ortho intramolecular Hbond substituents is 1. The summed E-state index contributed by atoms with van der Waals surface area (Å²) in [4.78, 5) is 10.4. The maximum atomic E-state index is 10.4. The molecular weight excluding hydrogens is 202 g/mol. The van der Waals surface area contributed by atoms with E-state index in [1.54, 1.807) is 6.07 Å². The first-order valence-electron chi connectivity index (χ1n) is 5.93. The second-order valence-corrected chi connectivity index (χ2v) is 4.07. The van der Waals surface area contributed by atoms with Crippen molar-refractivity contribution >= 4 is 5.69 Å². The number of unbranched alkanes of at least 4 members (excludes halogenated alkanes) is 4. The summed E-state index contributed by atoms with van der Waals surface area (Å²) >= 11 is 0. The second-order valence-electron chi connectivity index (χ2n) is 4.07. The molecule has 0 heterocycles. The van der Waals surface area contributed by atoms with E-state index in [1.165, 1.54) is 37.8 Å². The summed E-state index contributed by atoms with van der Waals surface area (Å²) in [5, 5.41) is 12.5. The van der Waals surface area contributed by atoms with Crippen molar-refractivity contribution in [2.75, 3.05) is 0 Å². The molecule has 16 heavy (non-hydrogen) atoms. The number of aryl methyl sites for hydroxylation is 1. The van der Waals surface area contributed by atoms with Crippen LogP contribution in [0.15, 0.2) is 23.4 Å². The summed E-state index contributed by atoms with van der Waals surface area (Å²) in [6.45, 7) is 2.19. The lowest BCUT2D eigenvalue weighted by molar-refractivity contribution is 0.466. The Kier molecular flexibility index (Phi) is 5.54. The zero-order chi connectivity index (χ0) is 11.8. The molecular formula is C13H19NO2. The summed E-state index contributed by atoms with van der Waals surface area (Å²) in [6, 6.07) is 4.74. The van der Waals surface area contributed by atoms with Crippen molar-refractivity contribution < 1.29 is 5.11 Å². The molecule has 0 spiro atoms. The molecule has 0 aliphatic heterocycles. The third-order valence-electron chi connectivity index (χ3n) is 2.72. The third-order valence-corrected chi connectivity index (χ3v) is 2.72. The topological polar surface area (TPSA) is 49.7 Å². The largest absolute Gasteiger partial charge is 0.508 e. The molecule has 1 aromatic rings. The maximum Gasteiger partial charge on any atom is 0.118 e. The first kappa shape index (κ1) is 12.7. The highest BCUT2D eigenvalue weighted by molar-refractivity contribution is 5.46. The molecule has 0 bridgehead atoms. The van der Waals surface area contributed by atoms with Crippen molar-refractivity contribution in [3.63, 3.8) is 0 Å². The van der Waals surface area contributed by atoms with Gasteiger partial charge < -0.3 is 5.11 Å². The fourth-order valence-corrected chi connectivity index (χ4v) is 1.75. The summed E-state index contributed by atoms with van der Waals surface area (Å²) in [6.07, 6.45) is 6.78. The lowest BCUT2D eigenvalue weighted by Crippen LogP contribution is -1.87. The zero-order valence-electron chi connectivity index (χ0n) is 9.78. The van der Waals surface area contributed by atoms with Crippen molar-refractivity contribution in [2.45, 2.75) is 45.4 Å². The lowest BCUT2D eigenvalue weighted by atomic mass is 10.0. The van der Waals surface area contributed by atoms with Crippen LogP contribution in [0, 0.1) is 4.91 Å². The van der Waals surface area contributed by atoms with Crippen LogP contribution in [0.25, 0.3) is 0 Å². The third kappa shape index (κ3) is 4.01. The molecule has 1 N–H and O–H groups in total. The van der Waals surface area contributed by atoms with Gasteiger partial charge in [0.1, 0.15) is 11.4 Å². The average molecular weight is 221 g/mol. The number of aromatic hydroxyl groups is 1. The molecule has 0 saturated heterocycles. The van der Waals surface area contributed by atoms with Gasteiger partial charge in [-0.1, -0.05) is 32.6 Å². The van der Waals surface area contributed by atoms with Gasteiger partial charge in [-0.15, -0.1) is 4.91 Å². The molecule has 0 radical (unpaired) electrons. The van der Waals surface area contributed by atoms with E-state index in [0.717, 1.165) is 18.4 Å². The van der Waals surface area contributed by atoms with Gasteiger partial charge in [-0.05, 0) is 41.8 Å². The van der Waals surface area contributed by atoms with Crippen molar-refractivity contribution in [3.8, 4) is 5.75 Å². The molecule has 0 amide bonds. The zero-order valence-corrected chi connectivity index (χ0v) is 9.78. The highest BCUT2D eigenvalue weighted by Gasteiger charge is 2.03. The molecule has 1 rings (SSSR count). The van der Waals surface area contributed by atoms with Crippen LogP contribution in [0.1, 0.15) is 44.6 Å². The van der Waals surface area contributed by atoms with Crippen LogP contribution in [-0.4, -0.2) is 5.11 Å². The Bertz CT molecular complexity index is 337. The number of hydrogen-bond donors (Lipinski definition) is 1. The van der Waals surface area contributed by atoms with Crippen molar-refractivity contribution in [2.24, 2.45) is 5.18 Å². The fraction of sp³-hybridized carbons (Fsp3) is 0.538.